The van der Waals surface area contributed by atoms with Crippen LogP contribution in [-0.2, 0) is 9.53 Å². The van der Waals surface area contributed by atoms with E-state index in [4.69, 9.17) is 9.84 Å². The molecule has 0 aromatic rings. The van der Waals surface area contributed by atoms with Crippen molar-refractivity contribution in [1.29, 1.82) is 0 Å². The Labute approximate surface area is 107 Å². The van der Waals surface area contributed by atoms with E-state index in [2.05, 4.69) is 0 Å². The quantitative estimate of drug-likeness (QED) is 0.778. The molecule has 0 spiro atoms. The van der Waals surface area contributed by atoms with Gasteiger partial charge in [-0.2, -0.15) is 0 Å². The number of aliphatic hydroxyl groups excluding tert-OH is 1. The van der Waals surface area contributed by atoms with Gasteiger partial charge in [0, 0.05) is 0 Å². The minimum absolute atomic E-state index is 0.247. The number of carbonyl (C=O) groups excluding carboxylic acids is 1. The summed E-state index contributed by atoms with van der Waals surface area (Å²) in [6.07, 6.45) is 1.00. The Morgan fingerprint density at radius 1 is 1.33 bits per heavy atom. The molecule has 18 heavy (non-hydrogen) atoms. The van der Waals surface area contributed by atoms with Crippen LogP contribution in [0.2, 0.25) is 0 Å². The van der Waals surface area contributed by atoms with Crippen LogP contribution in [0.3, 0.4) is 0 Å². The number of carboxylic acid groups (broad SMARTS) is 1. The van der Waals surface area contributed by atoms with E-state index < -0.39 is 29.7 Å². The molecule has 0 aromatic heterocycles. The van der Waals surface area contributed by atoms with Crippen LogP contribution in [0.5, 0.6) is 0 Å². The Morgan fingerprint density at radius 3 is 2.39 bits per heavy atom. The molecule has 0 saturated carbocycles. The third kappa shape index (κ3) is 3.60. The van der Waals surface area contributed by atoms with E-state index in [-0.39, 0.29) is 6.61 Å². The summed E-state index contributed by atoms with van der Waals surface area (Å²) in [7, 11) is 0. The monoisotopic (exact) mass is 259 g/mol. The first-order valence-electron chi connectivity index (χ1n) is 6.11. The molecular formula is C12H21NO5. The van der Waals surface area contributed by atoms with Gasteiger partial charge in [0.25, 0.3) is 0 Å². The van der Waals surface area contributed by atoms with Crippen molar-refractivity contribution in [3.8, 4) is 0 Å². The fraction of sp³-hybridized carbons (Fsp3) is 0.833. The maximum Gasteiger partial charge on any atom is 0.411 e. The molecule has 1 aliphatic heterocycles. The Bertz CT molecular complexity index is 323. The Balaban J connectivity index is 2.88. The maximum atomic E-state index is 12.0. The average Bonchev–Trinajstić information content (AvgIpc) is 2.25. The highest BCUT2D eigenvalue weighted by Crippen LogP contribution is 2.25. The van der Waals surface area contributed by atoms with Gasteiger partial charge in [0.05, 0.1) is 12.6 Å². The number of aliphatic carboxylic acids is 1. The number of rotatable bonds is 2. The largest absolute Gasteiger partial charge is 0.480 e. The molecule has 2 unspecified atom stereocenters. The molecule has 1 heterocycles. The first-order valence-corrected chi connectivity index (χ1v) is 6.11. The predicted octanol–water partition coefficient (Wildman–Crippen LogP) is 1.22. The zero-order valence-electron chi connectivity index (χ0n) is 11.0. The molecule has 2 atom stereocenters. The van der Waals surface area contributed by atoms with Crippen LogP contribution < -0.4 is 0 Å². The summed E-state index contributed by atoms with van der Waals surface area (Å²) in [4.78, 5) is 24.4. The van der Waals surface area contributed by atoms with Crippen LogP contribution in [0.1, 0.15) is 40.0 Å². The van der Waals surface area contributed by atoms with Gasteiger partial charge in [-0.05, 0) is 40.0 Å². The topological polar surface area (TPSA) is 87.1 Å². The number of ether oxygens (including phenoxy) is 1. The molecule has 0 aromatic carbocycles. The summed E-state index contributed by atoms with van der Waals surface area (Å²) < 4.78 is 5.20. The van der Waals surface area contributed by atoms with E-state index >= 15 is 0 Å². The molecule has 1 amide bonds. The number of nitrogens with zero attached hydrogens (tertiary/aromatic N) is 1. The van der Waals surface area contributed by atoms with Crippen molar-refractivity contribution >= 4 is 12.1 Å². The number of piperidine rings is 1. The molecule has 6 heteroatoms. The lowest BCUT2D eigenvalue weighted by Crippen LogP contribution is -2.55. The summed E-state index contributed by atoms with van der Waals surface area (Å²) in [6.45, 7) is 4.92. The fourth-order valence-corrected chi connectivity index (χ4v) is 2.09. The van der Waals surface area contributed by atoms with Crippen LogP contribution in [-0.4, -0.2) is 51.5 Å². The molecule has 1 rings (SSSR count). The molecular weight excluding hydrogens is 238 g/mol. The number of carboxylic acids is 1. The van der Waals surface area contributed by atoms with E-state index in [0.29, 0.717) is 19.3 Å². The van der Waals surface area contributed by atoms with Crippen LogP contribution in [0.25, 0.3) is 0 Å². The zero-order chi connectivity index (χ0) is 13.9. The van der Waals surface area contributed by atoms with Gasteiger partial charge in [-0.1, -0.05) is 0 Å². The lowest BCUT2D eigenvalue weighted by atomic mass is 9.96. The summed E-state index contributed by atoms with van der Waals surface area (Å²) in [5.41, 5.74) is -0.683. The number of carbonyl (C=O) groups is 2. The Kier molecular flexibility index (Phi) is 4.56. The first-order chi connectivity index (χ1) is 8.26. The summed E-state index contributed by atoms with van der Waals surface area (Å²) >= 11 is 0. The number of hydrogen-bond acceptors (Lipinski definition) is 4. The molecule has 0 bridgehead atoms. The van der Waals surface area contributed by atoms with Crippen molar-refractivity contribution in [3.63, 3.8) is 0 Å². The molecule has 104 valence electrons. The summed E-state index contributed by atoms with van der Waals surface area (Å²) in [5.74, 6) is -1.06. The number of hydrogen-bond donors (Lipinski definition) is 2. The van der Waals surface area contributed by atoms with Gasteiger partial charge >= 0.3 is 12.1 Å². The molecule has 1 saturated heterocycles. The van der Waals surface area contributed by atoms with Crippen LogP contribution in [0.4, 0.5) is 4.79 Å². The molecule has 0 radical (unpaired) electrons. The standard InChI is InChI=1S/C12H21NO5/c1-12(2,3)18-11(17)13-8(7-14)5-4-6-9(13)10(15)16/h8-9,14H,4-7H2,1-3H3,(H,15,16). The summed E-state index contributed by atoms with van der Waals surface area (Å²) in [6, 6.07) is -1.39. The van der Waals surface area contributed by atoms with Crippen LogP contribution in [0.15, 0.2) is 0 Å². The molecule has 1 aliphatic rings. The second-order valence-electron chi connectivity index (χ2n) is 5.51. The second kappa shape index (κ2) is 5.56. The highest BCUT2D eigenvalue weighted by Gasteiger charge is 2.40. The van der Waals surface area contributed by atoms with Gasteiger partial charge in [-0.25, -0.2) is 9.59 Å². The van der Waals surface area contributed by atoms with Crippen molar-refractivity contribution in [1.82, 2.24) is 4.90 Å². The van der Waals surface area contributed by atoms with Gasteiger partial charge in [0.15, 0.2) is 0 Å². The predicted molar refractivity (Wildman–Crippen MR) is 64.2 cm³/mol. The van der Waals surface area contributed by atoms with Crippen molar-refractivity contribution in [2.45, 2.75) is 57.7 Å². The minimum atomic E-state index is -1.06. The normalized spacial score (nSPS) is 24.8. The average molecular weight is 259 g/mol. The van der Waals surface area contributed by atoms with Crippen molar-refractivity contribution in [2.75, 3.05) is 6.61 Å². The van der Waals surface area contributed by atoms with E-state index in [1.807, 2.05) is 0 Å². The number of aliphatic hydroxyl groups is 1. The van der Waals surface area contributed by atoms with Crippen LogP contribution in [0, 0.1) is 0 Å². The van der Waals surface area contributed by atoms with Crippen LogP contribution >= 0.6 is 0 Å². The third-order valence-electron chi connectivity index (χ3n) is 2.84. The molecule has 6 nitrogen and oxygen atoms in total. The molecule has 0 aliphatic carbocycles. The smallest absolute Gasteiger partial charge is 0.411 e. The van der Waals surface area contributed by atoms with E-state index in [1.54, 1.807) is 20.8 Å². The number of amides is 1. The van der Waals surface area contributed by atoms with E-state index in [1.165, 1.54) is 0 Å². The third-order valence-corrected chi connectivity index (χ3v) is 2.84. The Morgan fingerprint density at radius 2 is 1.94 bits per heavy atom. The van der Waals surface area contributed by atoms with Crippen molar-refractivity contribution < 1.29 is 24.5 Å². The van der Waals surface area contributed by atoms with Gasteiger partial charge in [-0.3, -0.25) is 4.90 Å². The minimum Gasteiger partial charge on any atom is -0.480 e. The summed E-state index contributed by atoms with van der Waals surface area (Å²) in [5, 5.41) is 18.4. The van der Waals surface area contributed by atoms with Gasteiger partial charge in [0.1, 0.15) is 11.6 Å². The SMILES string of the molecule is CC(C)(C)OC(=O)N1C(CO)CCCC1C(=O)O. The highest BCUT2D eigenvalue weighted by atomic mass is 16.6. The van der Waals surface area contributed by atoms with E-state index in [9.17, 15) is 14.7 Å². The maximum absolute atomic E-state index is 12.0. The van der Waals surface area contributed by atoms with Gasteiger partial charge < -0.3 is 14.9 Å². The lowest BCUT2D eigenvalue weighted by Gasteiger charge is -2.39. The first kappa shape index (κ1) is 14.8. The van der Waals surface area contributed by atoms with Gasteiger partial charge in [-0.15, -0.1) is 0 Å². The Hall–Kier alpha value is -1.30. The van der Waals surface area contributed by atoms with Gasteiger partial charge in [0.2, 0.25) is 0 Å². The van der Waals surface area contributed by atoms with E-state index in [0.717, 1.165) is 4.90 Å². The number of likely N-dealkylation sites (tertiary alicyclic amines) is 1. The fourth-order valence-electron chi connectivity index (χ4n) is 2.09. The van der Waals surface area contributed by atoms with Crippen molar-refractivity contribution in [3.05, 3.63) is 0 Å². The van der Waals surface area contributed by atoms with Crippen molar-refractivity contribution in [2.24, 2.45) is 0 Å². The zero-order valence-corrected chi connectivity index (χ0v) is 11.0. The highest BCUT2D eigenvalue weighted by molar-refractivity contribution is 5.80. The second-order valence-corrected chi connectivity index (χ2v) is 5.51. The lowest BCUT2D eigenvalue weighted by molar-refractivity contribution is -0.146. The molecule has 2 N–H and O–H groups in total. The molecule has 1 fully saturated rings.